The normalized spacial score (nSPS) is 20.4. The lowest BCUT2D eigenvalue weighted by Crippen LogP contribution is -2.41. The molecule has 3 rings (SSSR count). The highest BCUT2D eigenvalue weighted by atomic mass is 35.5. The van der Waals surface area contributed by atoms with Crippen molar-refractivity contribution in [3.05, 3.63) is 63.1 Å². The van der Waals surface area contributed by atoms with Crippen LogP contribution in [0.2, 0.25) is 15.1 Å². The third kappa shape index (κ3) is 5.02. The summed E-state index contributed by atoms with van der Waals surface area (Å²) in [5.74, 6) is 1.68. The lowest BCUT2D eigenvalue weighted by molar-refractivity contribution is 0.361. The van der Waals surface area contributed by atoms with Gasteiger partial charge in [0.1, 0.15) is 0 Å². The first-order valence-corrected chi connectivity index (χ1v) is 11.0. The lowest BCUT2D eigenvalue weighted by atomic mass is 9.88. The monoisotopic (exact) mass is 428 g/mol. The first-order valence-electron chi connectivity index (χ1n) is 8.90. The molecule has 0 spiro atoms. The summed E-state index contributed by atoms with van der Waals surface area (Å²) in [6.45, 7) is 4.17. The fraction of sp³-hybridized carbons (Fsp3) is 0.400. The van der Waals surface area contributed by atoms with Crippen LogP contribution in [0.15, 0.2) is 42.5 Å². The SMILES string of the molecule is CCSNCC1CCC(c2ccc(Cl)cc2Cl)N(c2ccc(Cl)cc2)C1. The maximum atomic E-state index is 6.53. The molecule has 0 bridgehead atoms. The van der Waals surface area contributed by atoms with E-state index in [0.29, 0.717) is 10.9 Å². The van der Waals surface area contributed by atoms with E-state index in [1.54, 1.807) is 11.9 Å². The van der Waals surface area contributed by atoms with Gasteiger partial charge < -0.3 is 4.90 Å². The summed E-state index contributed by atoms with van der Waals surface area (Å²) >= 11 is 20.5. The molecule has 140 valence electrons. The van der Waals surface area contributed by atoms with Crippen molar-refractivity contribution in [1.82, 2.24) is 4.72 Å². The molecule has 0 saturated carbocycles. The first kappa shape index (κ1) is 20.2. The Balaban J connectivity index is 1.86. The van der Waals surface area contributed by atoms with Crippen LogP contribution in [0, 0.1) is 5.92 Å². The van der Waals surface area contributed by atoms with E-state index in [-0.39, 0.29) is 6.04 Å². The maximum Gasteiger partial charge on any atom is 0.0557 e. The topological polar surface area (TPSA) is 15.3 Å². The molecule has 2 unspecified atom stereocenters. The van der Waals surface area contributed by atoms with Gasteiger partial charge in [0.25, 0.3) is 0 Å². The second-order valence-corrected chi connectivity index (χ2v) is 8.97. The van der Waals surface area contributed by atoms with Gasteiger partial charge in [-0.1, -0.05) is 59.7 Å². The van der Waals surface area contributed by atoms with Gasteiger partial charge in [-0.2, -0.15) is 0 Å². The van der Waals surface area contributed by atoms with Gasteiger partial charge in [-0.25, -0.2) is 0 Å². The second kappa shape index (κ2) is 9.57. The van der Waals surface area contributed by atoms with E-state index < -0.39 is 0 Å². The highest BCUT2D eigenvalue weighted by molar-refractivity contribution is 7.97. The van der Waals surface area contributed by atoms with Crippen LogP contribution in [0.4, 0.5) is 5.69 Å². The summed E-state index contributed by atoms with van der Waals surface area (Å²) in [5, 5.41) is 2.16. The lowest BCUT2D eigenvalue weighted by Gasteiger charge is -2.42. The molecule has 1 aliphatic heterocycles. The minimum atomic E-state index is 0.246. The molecule has 0 radical (unpaired) electrons. The second-order valence-electron chi connectivity index (χ2n) is 6.54. The van der Waals surface area contributed by atoms with Crippen molar-refractivity contribution >= 4 is 52.4 Å². The molecule has 0 aliphatic carbocycles. The van der Waals surface area contributed by atoms with Gasteiger partial charge in [0.05, 0.1) is 6.04 Å². The Morgan fingerprint density at radius 2 is 1.77 bits per heavy atom. The zero-order valence-corrected chi connectivity index (χ0v) is 17.8. The van der Waals surface area contributed by atoms with Crippen LogP contribution in [-0.4, -0.2) is 18.8 Å². The van der Waals surface area contributed by atoms with Crippen molar-refractivity contribution in [2.24, 2.45) is 5.92 Å². The van der Waals surface area contributed by atoms with Crippen molar-refractivity contribution in [2.75, 3.05) is 23.7 Å². The summed E-state index contributed by atoms with van der Waals surface area (Å²) < 4.78 is 3.48. The van der Waals surface area contributed by atoms with Crippen molar-refractivity contribution in [2.45, 2.75) is 25.8 Å². The van der Waals surface area contributed by atoms with Crippen LogP contribution in [0.5, 0.6) is 0 Å². The quantitative estimate of drug-likeness (QED) is 0.399. The Morgan fingerprint density at radius 1 is 1.04 bits per heavy atom. The largest absolute Gasteiger partial charge is 0.364 e. The van der Waals surface area contributed by atoms with Gasteiger partial charge in [0.2, 0.25) is 0 Å². The molecule has 6 heteroatoms. The molecule has 1 heterocycles. The smallest absolute Gasteiger partial charge is 0.0557 e. The Hall–Kier alpha value is -0.580. The molecule has 1 saturated heterocycles. The molecule has 0 aromatic heterocycles. The number of nitrogens with zero attached hydrogens (tertiary/aromatic N) is 1. The van der Waals surface area contributed by atoms with Gasteiger partial charge in [0.15, 0.2) is 0 Å². The molecule has 1 N–H and O–H groups in total. The molecule has 1 fully saturated rings. The third-order valence-electron chi connectivity index (χ3n) is 4.78. The van der Waals surface area contributed by atoms with Gasteiger partial charge >= 0.3 is 0 Å². The standard InChI is InChI=1S/C20H23Cl3N2S/c1-2-26-24-12-14-3-10-20(18-9-6-16(22)11-19(18)23)25(13-14)17-7-4-15(21)5-8-17/h4-9,11,14,20,24H,2-3,10,12-13H2,1H3. The average molecular weight is 430 g/mol. The van der Waals surface area contributed by atoms with Gasteiger partial charge in [-0.3, -0.25) is 4.72 Å². The minimum absolute atomic E-state index is 0.246. The Labute approximate surface area is 175 Å². The minimum Gasteiger partial charge on any atom is -0.364 e. The number of benzene rings is 2. The molecular formula is C20H23Cl3N2S. The summed E-state index contributed by atoms with van der Waals surface area (Å²) in [7, 11) is 0. The Bertz CT molecular complexity index is 723. The molecule has 2 aromatic rings. The number of anilines is 1. The number of hydrogen-bond acceptors (Lipinski definition) is 3. The van der Waals surface area contributed by atoms with Gasteiger partial charge in [-0.05, 0) is 60.7 Å². The summed E-state index contributed by atoms with van der Waals surface area (Å²) in [4.78, 5) is 2.46. The third-order valence-corrected chi connectivity index (χ3v) is 6.25. The molecule has 26 heavy (non-hydrogen) atoms. The Kier molecular flexibility index (Phi) is 7.42. The van der Waals surface area contributed by atoms with E-state index in [1.807, 2.05) is 24.3 Å². The highest BCUT2D eigenvalue weighted by Gasteiger charge is 2.30. The van der Waals surface area contributed by atoms with Crippen molar-refractivity contribution < 1.29 is 0 Å². The van der Waals surface area contributed by atoms with E-state index in [4.69, 9.17) is 34.8 Å². The average Bonchev–Trinajstić information content (AvgIpc) is 2.63. The zero-order valence-electron chi connectivity index (χ0n) is 14.7. The van der Waals surface area contributed by atoms with E-state index >= 15 is 0 Å². The van der Waals surface area contributed by atoms with Crippen molar-refractivity contribution in [1.29, 1.82) is 0 Å². The first-order chi connectivity index (χ1) is 12.6. The van der Waals surface area contributed by atoms with E-state index in [0.717, 1.165) is 40.9 Å². The fourth-order valence-corrected chi connectivity index (χ4v) is 4.72. The van der Waals surface area contributed by atoms with Gasteiger partial charge in [0, 0.05) is 39.6 Å². The summed E-state index contributed by atoms with van der Waals surface area (Å²) in [6.07, 6.45) is 2.23. The molecule has 0 amide bonds. The zero-order chi connectivity index (χ0) is 18.5. The van der Waals surface area contributed by atoms with Crippen LogP contribution in [0.3, 0.4) is 0 Å². The molecule has 2 atom stereocenters. The fourth-order valence-electron chi connectivity index (χ4n) is 3.50. The van der Waals surface area contributed by atoms with Crippen LogP contribution in [-0.2, 0) is 0 Å². The summed E-state index contributed by atoms with van der Waals surface area (Å²) in [6, 6.07) is 14.2. The van der Waals surface area contributed by atoms with Crippen LogP contribution in [0.25, 0.3) is 0 Å². The number of piperidine rings is 1. The Morgan fingerprint density at radius 3 is 2.46 bits per heavy atom. The number of nitrogens with one attached hydrogen (secondary N) is 1. The molecule has 1 aliphatic rings. The van der Waals surface area contributed by atoms with E-state index in [9.17, 15) is 0 Å². The predicted octanol–water partition coefficient (Wildman–Crippen LogP) is 6.86. The molecule has 2 nitrogen and oxygen atoms in total. The molecular weight excluding hydrogens is 407 g/mol. The molecule has 2 aromatic carbocycles. The van der Waals surface area contributed by atoms with Crippen molar-refractivity contribution in [3.63, 3.8) is 0 Å². The van der Waals surface area contributed by atoms with Crippen LogP contribution in [0.1, 0.15) is 31.4 Å². The number of halogens is 3. The van der Waals surface area contributed by atoms with E-state index in [1.165, 1.54) is 12.1 Å². The highest BCUT2D eigenvalue weighted by Crippen LogP contribution is 2.40. The van der Waals surface area contributed by atoms with Crippen LogP contribution >= 0.6 is 46.8 Å². The van der Waals surface area contributed by atoms with Crippen LogP contribution < -0.4 is 9.62 Å². The number of rotatable bonds is 6. The van der Waals surface area contributed by atoms with E-state index in [2.05, 4.69) is 34.7 Å². The van der Waals surface area contributed by atoms with Gasteiger partial charge in [-0.15, -0.1) is 0 Å². The summed E-state index contributed by atoms with van der Waals surface area (Å²) in [5.41, 5.74) is 2.32. The predicted molar refractivity (Wildman–Crippen MR) is 117 cm³/mol. The maximum absolute atomic E-state index is 6.53. The van der Waals surface area contributed by atoms with Crippen molar-refractivity contribution in [3.8, 4) is 0 Å². The number of hydrogen-bond donors (Lipinski definition) is 1.